The molecule has 0 saturated carbocycles. The van der Waals surface area contributed by atoms with Gasteiger partial charge in [-0.25, -0.2) is 4.79 Å². The third-order valence-corrected chi connectivity index (χ3v) is 7.87. The highest BCUT2D eigenvalue weighted by atomic mass is 16.5. The van der Waals surface area contributed by atoms with Crippen molar-refractivity contribution < 1.29 is 23.9 Å². The van der Waals surface area contributed by atoms with Crippen molar-refractivity contribution >= 4 is 17.8 Å². The van der Waals surface area contributed by atoms with Crippen molar-refractivity contribution in [2.45, 2.75) is 25.3 Å². The SMILES string of the molecule is C=CCN1C(=O)NC(=O)C(Cc2ccc(OC)c(OC)c2)(CN2CC3CC(C2)c2cccc(=O)n2C3)C1=O. The molecule has 0 spiro atoms. The number of nitrogens with zero attached hydrogens (tertiary/aromatic N) is 3. The van der Waals surface area contributed by atoms with E-state index in [0.717, 1.165) is 17.0 Å². The number of fused-ring (bicyclic) bond motifs is 4. The molecule has 1 aromatic heterocycles. The summed E-state index contributed by atoms with van der Waals surface area (Å²) in [4.78, 5) is 55.8. The maximum absolute atomic E-state index is 14.0. The van der Waals surface area contributed by atoms with Gasteiger partial charge in [-0.1, -0.05) is 18.2 Å². The quantitative estimate of drug-likeness (QED) is 0.417. The molecule has 0 radical (unpaired) electrons. The molecule has 1 N–H and O–H groups in total. The molecule has 38 heavy (non-hydrogen) atoms. The average Bonchev–Trinajstić information content (AvgIpc) is 2.90. The fourth-order valence-electron chi connectivity index (χ4n) is 6.22. The minimum absolute atomic E-state index is 0.00371. The van der Waals surface area contributed by atoms with Crippen LogP contribution in [0.2, 0.25) is 0 Å². The number of piperidine rings is 1. The Morgan fingerprint density at radius 3 is 2.58 bits per heavy atom. The minimum Gasteiger partial charge on any atom is -0.493 e. The number of imide groups is 2. The number of hydrogen-bond acceptors (Lipinski definition) is 7. The lowest BCUT2D eigenvalue weighted by Gasteiger charge is -2.47. The van der Waals surface area contributed by atoms with Crippen LogP contribution in [0.25, 0.3) is 0 Å². The number of amides is 4. The molecular formula is C28H32N4O6. The fraction of sp³-hybridized carbons (Fsp3) is 0.429. The van der Waals surface area contributed by atoms with Gasteiger partial charge in [-0.3, -0.25) is 24.6 Å². The molecule has 10 heteroatoms. The number of pyridine rings is 1. The number of methoxy groups -OCH3 is 2. The van der Waals surface area contributed by atoms with Crippen LogP contribution in [0.4, 0.5) is 4.79 Å². The topological polar surface area (TPSA) is 110 Å². The first-order chi connectivity index (χ1) is 18.3. The molecule has 2 bridgehead atoms. The molecular weight excluding hydrogens is 488 g/mol. The van der Waals surface area contributed by atoms with E-state index in [1.165, 1.54) is 20.3 Å². The van der Waals surface area contributed by atoms with Crippen LogP contribution < -0.4 is 20.3 Å². The van der Waals surface area contributed by atoms with E-state index < -0.39 is 23.3 Å². The number of carbonyl (C=O) groups excluding carboxylic acids is 3. The summed E-state index contributed by atoms with van der Waals surface area (Å²) in [7, 11) is 3.06. The van der Waals surface area contributed by atoms with Gasteiger partial charge in [0.15, 0.2) is 11.5 Å². The molecule has 1 aromatic carbocycles. The van der Waals surface area contributed by atoms with Crippen LogP contribution in [-0.2, 0) is 22.6 Å². The summed E-state index contributed by atoms with van der Waals surface area (Å²) in [5, 5.41) is 2.42. The summed E-state index contributed by atoms with van der Waals surface area (Å²) in [5.74, 6) is 0.181. The Balaban J connectivity index is 1.51. The van der Waals surface area contributed by atoms with E-state index in [0.29, 0.717) is 36.7 Å². The van der Waals surface area contributed by atoms with Gasteiger partial charge in [-0.15, -0.1) is 6.58 Å². The highest BCUT2D eigenvalue weighted by molar-refractivity contribution is 6.19. The van der Waals surface area contributed by atoms with Gasteiger partial charge in [-0.05, 0) is 42.5 Å². The van der Waals surface area contributed by atoms with Crippen molar-refractivity contribution in [2.75, 3.05) is 40.4 Å². The highest BCUT2D eigenvalue weighted by Crippen LogP contribution is 2.39. The zero-order chi connectivity index (χ0) is 27.0. The number of carbonyl (C=O) groups is 3. The molecule has 200 valence electrons. The second kappa shape index (κ2) is 10.1. The molecule has 0 aliphatic carbocycles. The number of nitrogens with one attached hydrogen (secondary N) is 1. The summed E-state index contributed by atoms with van der Waals surface area (Å²) in [6.45, 7) is 5.64. The highest BCUT2D eigenvalue weighted by Gasteiger charge is 2.55. The second-order valence-electron chi connectivity index (χ2n) is 10.3. The van der Waals surface area contributed by atoms with Crippen molar-refractivity contribution in [1.82, 2.24) is 19.7 Å². The summed E-state index contributed by atoms with van der Waals surface area (Å²) in [6, 6.07) is 9.88. The molecule has 2 saturated heterocycles. The minimum atomic E-state index is -1.54. The summed E-state index contributed by atoms with van der Waals surface area (Å²) < 4.78 is 12.6. The van der Waals surface area contributed by atoms with Crippen LogP contribution in [-0.4, -0.2) is 72.6 Å². The van der Waals surface area contributed by atoms with Gasteiger partial charge in [0.1, 0.15) is 5.41 Å². The largest absolute Gasteiger partial charge is 0.493 e. The lowest BCUT2D eigenvalue weighted by Crippen LogP contribution is -2.68. The van der Waals surface area contributed by atoms with Gasteiger partial charge in [0.05, 0.1) is 14.2 Å². The number of urea groups is 1. The Bertz CT molecular complexity index is 1350. The van der Waals surface area contributed by atoms with E-state index in [1.807, 2.05) is 10.6 Å². The number of ether oxygens (including phenoxy) is 2. The van der Waals surface area contributed by atoms with Gasteiger partial charge in [0, 0.05) is 50.4 Å². The molecule has 4 amide bonds. The number of barbiturate groups is 1. The smallest absolute Gasteiger partial charge is 0.331 e. The first-order valence-electron chi connectivity index (χ1n) is 12.7. The van der Waals surface area contributed by atoms with Crippen LogP contribution in [0.15, 0.2) is 53.8 Å². The Hall–Kier alpha value is -3.92. The van der Waals surface area contributed by atoms with E-state index in [4.69, 9.17) is 9.47 Å². The molecule has 4 heterocycles. The van der Waals surface area contributed by atoms with Crippen LogP contribution in [0.3, 0.4) is 0 Å². The normalized spacial score (nSPS) is 25.0. The summed E-state index contributed by atoms with van der Waals surface area (Å²) >= 11 is 0. The van der Waals surface area contributed by atoms with E-state index in [1.54, 1.807) is 30.3 Å². The maximum atomic E-state index is 14.0. The van der Waals surface area contributed by atoms with Crippen molar-refractivity contribution in [2.24, 2.45) is 11.3 Å². The fourth-order valence-corrected chi connectivity index (χ4v) is 6.22. The van der Waals surface area contributed by atoms with Gasteiger partial charge in [0.25, 0.3) is 5.56 Å². The monoisotopic (exact) mass is 520 g/mol. The van der Waals surface area contributed by atoms with Crippen molar-refractivity contribution in [3.05, 3.63) is 70.7 Å². The summed E-state index contributed by atoms with van der Waals surface area (Å²) in [6.07, 6.45) is 2.49. The molecule has 3 unspecified atom stereocenters. The van der Waals surface area contributed by atoms with Crippen molar-refractivity contribution in [3.63, 3.8) is 0 Å². The number of benzene rings is 1. The van der Waals surface area contributed by atoms with Gasteiger partial charge in [-0.2, -0.15) is 0 Å². The predicted octanol–water partition coefficient (Wildman–Crippen LogP) is 1.78. The first-order valence-corrected chi connectivity index (χ1v) is 12.7. The second-order valence-corrected chi connectivity index (χ2v) is 10.3. The lowest BCUT2D eigenvalue weighted by molar-refractivity contribution is -0.153. The third-order valence-electron chi connectivity index (χ3n) is 7.87. The molecule has 3 aliphatic rings. The molecule has 3 atom stereocenters. The predicted molar refractivity (Wildman–Crippen MR) is 139 cm³/mol. The van der Waals surface area contributed by atoms with Gasteiger partial charge < -0.3 is 18.9 Å². The molecule has 2 aromatic rings. The van der Waals surface area contributed by atoms with Crippen molar-refractivity contribution in [3.8, 4) is 11.5 Å². The first kappa shape index (κ1) is 25.7. The number of rotatable bonds is 8. The zero-order valence-corrected chi connectivity index (χ0v) is 21.6. The zero-order valence-electron chi connectivity index (χ0n) is 21.6. The third kappa shape index (κ3) is 4.38. The number of aromatic nitrogens is 1. The summed E-state index contributed by atoms with van der Waals surface area (Å²) in [5.41, 5.74) is 0.137. The van der Waals surface area contributed by atoms with Crippen LogP contribution >= 0.6 is 0 Å². The molecule has 10 nitrogen and oxygen atoms in total. The maximum Gasteiger partial charge on any atom is 0.331 e. The Morgan fingerprint density at radius 1 is 1.05 bits per heavy atom. The Morgan fingerprint density at radius 2 is 1.84 bits per heavy atom. The van der Waals surface area contributed by atoms with Crippen LogP contribution in [0.1, 0.15) is 23.6 Å². The van der Waals surface area contributed by atoms with E-state index in [9.17, 15) is 19.2 Å². The Labute approximate surface area is 220 Å². The van der Waals surface area contributed by atoms with E-state index in [2.05, 4.69) is 16.8 Å². The molecule has 3 aliphatic heterocycles. The van der Waals surface area contributed by atoms with Gasteiger partial charge in [0.2, 0.25) is 11.8 Å². The van der Waals surface area contributed by atoms with Crippen molar-refractivity contribution in [1.29, 1.82) is 0 Å². The molecule has 5 rings (SSSR count). The standard InChI is InChI=1S/C28H32N4O6/c1-4-10-31-26(35)28(25(34)29-27(31)36,13-18-8-9-22(37-2)23(12-18)38-3)17-30-14-19-11-20(16-30)21-6-5-7-24(33)32(21)15-19/h4-9,12,19-20H,1,10-11,13-17H2,2-3H3,(H,29,34,36). The lowest BCUT2D eigenvalue weighted by atomic mass is 9.75. The average molecular weight is 521 g/mol. The van der Waals surface area contributed by atoms with E-state index in [-0.39, 0.29) is 36.9 Å². The molecule has 2 fully saturated rings. The van der Waals surface area contributed by atoms with Crippen LogP contribution in [0.5, 0.6) is 11.5 Å². The number of likely N-dealkylation sites (tertiary alicyclic amines) is 1. The number of hydrogen-bond donors (Lipinski definition) is 1. The van der Waals surface area contributed by atoms with Gasteiger partial charge >= 0.3 is 6.03 Å². The Kier molecular flexibility index (Phi) is 6.83. The van der Waals surface area contributed by atoms with E-state index >= 15 is 0 Å². The van der Waals surface area contributed by atoms with Crippen LogP contribution in [0, 0.1) is 11.3 Å².